The fourth-order valence-corrected chi connectivity index (χ4v) is 2.42. The number of nitrogens with two attached hydrogens (primary N) is 1. The number of rotatable bonds is 5. The molecule has 1 aromatic rings. The van der Waals surface area contributed by atoms with Crippen molar-refractivity contribution >= 4 is 11.9 Å². The summed E-state index contributed by atoms with van der Waals surface area (Å²) < 4.78 is 0. The molecule has 1 saturated heterocycles. The molecule has 0 amide bonds. The topological polar surface area (TPSA) is 82.7 Å². The maximum absolute atomic E-state index is 5.82. The van der Waals surface area contributed by atoms with Crippen LogP contribution in [0.15, 0.2) is 23.5 Å². The molecular formula is C14H23N7. The van der Waals surface area contributed by atoms with Gasteiger partial charge in [0.15, 0.2) is 5.96 Å². The van der Waals surface area contributed by atoms with Crippen LogP contribution >= 0.6 is 0 Å². The lowest BCUT2D eigenvalue weighted by molar-refractivity contribution is 0.264. The Bertz CT molecular complexity index is 463. The Balaban J connectivity index is 1.37. The monoisotopic (exact) mass is 289 g/mol. The van der Waals surface area contributed by atoms with Crippen LogP contribution in [0.1, 0.15) is 12.8 Å². The highest BCUT2D eigenvalue weighted by molar-refractivity contribution is 5.78. The molecule has 7 nitrogen and oxygen atoms in total. The average Bonchev–Trinajstić information content (AvgIpc) is 3.33. The fraction of sp³-hybridized carbons (Fsp3) is 0.643. The Labute approximate surface area is 125 Å². The molecule has 1 saturated carbocycles. The van der Waals surface area contributed by atoms with E-state index in [0.717, 1.165) is 45.2 Å². The van der Waals surface area contributed by atoms with Crippen molar-refractivity contribution in [2.24, 2.45) is 10.7 Å². The van der Waals surface area contributed by atoms with Crippen LogP contribution in [-0.2, 0) is 0 Å². The Morgan fingerprint density at radius 1 is 1.24 bits per heavy atom. The molecule has 0 spiro atoms. The average molecular weight is 289 g/mol. The number of guanidine groups is 1. The van der Waals surface area contributed by atoms with Gasteiger partial charge in [0.2, 0.25) is 5.95 Å². The minimum atomic E-state index is 0.572. The zero-order valence-corrected chi connectivity index (χ0v) is 12.3. The molecular weight excluding hydrogens is 266 g/mol. The summed E-state index contributed by atoms with van der Waals surface area (Å²) in [7, 11) is 0. The van der Waals surface area contributed by atoms with Crippen molar-refractivity contribution in [2.75, 3.05) is 44.2 Å². The molecule has 3 N–H and O–H groups in total. The highest BCUT2D eigenvalue weighted by Crippen LogP contribution is 2.17. The van der Waals surface area contributed by atoms with E-state index in [0.29, 0.717) is 12.0 Å². The van der Waals surface area contributed by atoms with Crippen LogP contribution in [0.3, 0.4) is 0 Å². The number of hydrogen-bond acceptors (Lipinski definition) is 5. The van der Waals surface area contributed by atoms with E-state index >= 15 is 0 Å². The van der Waals surface area contributed by atoms with Gasteiger partial charge in [-0.1, -0.05) is 0 Å². The second-order valence-electron chi connectivity index (χ2n) is 5.56. The number of hydrogen-bond donors (Lipinski definition) is 2. The van der Waals surface area contributed by atoms with Crippen LogP contribution in [-0.4, -0.2) is 66.1 Å². The molecule has 1 aromatic heterocycles. The molecule has 2 aliphatic rings. The summed E-state index contributed by atoms with van der Waals surface area (Å²) in [6.45, 7) is 5.67. The van der Waals surface area contributed by atoms with Crippen molar-refractivity contribution in [1.82, 2.24) is 20.2 Å². The quantitative estimate of drug-likeness (QED) is 0.570. The second-order valence-corrected chi connectivity index (χ2v) is 5.56. The van der Waals surface area contributed by atoms with Crippen molar-refractivity contribution in [3.8, 4) is 0 Å². The van der Waals surface area contributed by atoms with Crippen LogP contribution in [0.4, 0.5) is 5.95 Å². The van der Waals surface area contributed by atoms with Gasteiger partial charge in [0.1, 0.15) is 0 Å². The van der Waals surface area contributed by atoms with E-state index in [1.54, 1.807) is 12.4 Å². The lowest BCUT2D eigenvalue weighted by Gasteiger charge is -2.34. The first-order chi connectivity index (χ1) is 10.3. The van der Waals surface area contributed by atoms with E-state index in [9.17, 15) is 0 Å². The first kappa shape index (κ1) is 14.1. The van der Waals surface area contributed by atoms with E-state index in [4.69, 9.17) is 5.73 Å². The number of nitrogens with zero attached hydrogens (tertiary/aromatic N) is 5. The van der Waals surface area contributed by atoms with Crippen molar-refractivity contribution < 1.29 is 0 Å². The summed E-state index contributed by atoms with van der Waals surface area (Å²) in [5.74, 6) is 1.42. The maximum atomic E-state index is 5.82. The molecule has 3 rings (SSSR count). The normalized spacial score (nSPS) is 20.6. The van der Waals surface area contributed by atoms with Crippen LogP contribution < -0.4 is 16.0 Å². The SMILES string of the molecule is NC(=NCCN1CCN(c2ncccn2)CC1)NC1CC1. The largest absolute Gasteiger partial charge is 0.370 e. The molecule has 2 fully saturated rings. The Morgan fingerprint density at radius 3 is 2.62 bits per heavy atom. The number of aromatic nitrogens is 2. The lowest BCUT2D eigenvalue weighted by atomic mass is 10.3. The molecule has 1 aliphatic carbocycles. The highest BCUT2D eigenvalue weighted by atomic mass is 15.3. The number of piperazine rings is 1. The molecule has 0 radical (unpaired) electrons. The standard InChI is InChI=1S/C14H23N7/c15-13(19-12-2-3-12)16-6-7-20-8-10-21(11-9-20)14-17-4-1-5-18-14/h1,4-5,12H,2-3,6-11H2,(H3,15,16,19). The number of anilines is 1. The van der Waals surface area contributed by atoms with Crippen molar-refractivity contribution in [3.05, 3.63) is 18.5 Å². The van der Waals surface area contributed by atoms with Gasteiger partial charge >= 0.3 is 0 Å². The summed E-state index contributed by atoms with van der Waals surface area (Å²) in [6, 6.07) is 2.42. The van der Waals surface area contributed by atoms with E-state index in [1.807, 2.05) is 6.07 Å². The van der Waals surface area contributed by atoms with Gasteiger partial charge in [0.25, 0.3) is 0 Å². The highest BCUT2D eigenvalue weighted by Gasteiger charge is 2.21. The molecule has 2 heterocycles. The maximum Gasteiger partial charge on any atom is 0.225 e. The minimum Gasteiger partial charge on any atom is -0.370 e. The predicted molar refractivity (Wildman–Crippen MR) is 83.3 cm³/mol. The molecule has 21 heavy (non-hydrogen) atoms. The van der Waals surface area contributed by atoms with Gasteiger partial charge in [0.05, 0.1) is 6.54 Å². The third kappa shape index (κ3) is 4.29. The van der Waals surface area contributed by atoms with Gasteiger partial charge in [0, 0.05) is 51.2 Å². The molecule has 7 heteroatoms. The van der Waals surface area contributed by atoms with Gasteiger partial charge in [-0.25, -0.2) is 9.97 Å². The number of aliphatic imine (C=N–C) groups is 1. The van der Waals surface area contributed by atoms with Crippen LogP contribution in [0.2, 0.25) is 0 Å². The third-order valence-electron chi connectivity index (χ3n) is 3.84. The summed E-state index contributed by atoms with van der Waals surface area (Å²) in [5.41, 5.74) is 5.82. The number of nitrogens with one attached hydrogen (secondary N) is 1. The molecule has 114 valence electrons. The van der Waals surface area contributed by atoms with E-state index in [2.05, 4.69) is 30.1 Å². The zero-order valence-electron chi connectivity index (χ0n) is 12.3. The van der Waals surface area contributed by atoms with E-state index in [1.165, 1.54) is 12.8 Å². The zero-order chi connectivity index (χ0) is 14.5. The molecule has 0 atom stereocenters. The van der Waals surface area contributed by atoms with Crippen molar-refractivity contribution in [1.29, 1.82) is 0 Å². The van der Waals surface area contributed by atoms with E-state index < -0.39 is 0 Å². The van der Waals surface area contributed by atoms with Gasteiger partial charge < -0.3 is 16.0 Å². The van der Waals surface area contributed by atoms with Gasteiger partial charge in [-0.05, 0) is 18.9 Å². The van der Waals surface area contributed by atoms with Gasteiger partial charge in [-0.2, -0.15) is 0 Å². The Kier molecular flexibility index (Phi) is 4.49. The molecule has 0 unspecified atom stereocenters. The fourth-order valence-electron chi connectivity index (χ4n) is 2.42. The summed E-state index contributed by atoms with van der Waals surface area (Å²) in [4.78, 5) is 17.6. The van der Waals surface area contributed by atoms with Gasteiger partial charge in [-0.3, -0.25) is 9.89 Å². The summed E-state index contributed by atoms with van der Waals surface area (Å²) in [5, 5.41) is 3.20. The lowest BCUT2D eigenvalue weighted by Crippen LogP contribution is -2.47. The van der Waals surface area contributed by atoms with Crippen LogP contribution in [0.5, 0.6) is 0 Å². The Morgan fingerprint density at radius 2 is 1.95 bits per heavy atom. The third-order valence-corrected chi connectivity index (χ3v) is 3.84. The van der Waals surface area contributed by atoms with Crippen molar-refractivity contribution in [2.45, 2.75) is 18.9 Å². The van der Waals surface area contributed by atoms with Gasteiger partial charge in [-0.15, -0.1) is 0 Å². The second kappa shape index (κ2) is 6.71. The summed E-state index contributed by atoms with van der Waals surface area (Å²) >= 11 is 0. The first-order valence-electron chi connectivity index (χ1n) is 7.62. The van der Waals surface area contributed by atoms with Crippen LogP contribution in [0, 0.1) is 0 Å². The van der Waals surface area contributed by atoms with E-state index in [-0.39, 0.29) is 0 Å². The molecule has 0 aromatic carbocycles. The summed E-state index contributed by atoms with van der Waals surface area (Å²) in [6.07, 6.45) is 6.03. The first-order valence-corrected chi connectivity index (χ1v) is 7.62. The molecule has 1 aliphatic heterocycles. The van der Waals surface area contributed by atoms with Crippen LogP contribution in [0.25, 0.3) is 0 Å². The predicted octanol–water partition coefficient (Wildman–Crippen LogP) is -0.335. The smallest absolute Gasteiger partial charge is 0.225 e. The minimum absolute atomic E-state index is 0.572. The van der Waals surface area contributed by atoms with Crippen molar-refractivity contribution in [3.63, 3.8) is 0 Å². The Hall–Kier alpha value is -1.89. The molecule has 0 bridgehead atoms.